The molecule has 2 aromatic rings. The maximum atomic E-state index is 5.35. The Hall–Kier alpha value is -2.22. The second kappa shape index (κ2) is 15.2. The second-order valence-corrected chi connectivity index (χ2v) is 15.2. The number of rotatable bonds is 10. The first kappa shape index (κ1) is 33.7. The van der Waals surface area contributed by atoms with Gasteiger partial charge in [-0.25, -0.2) is 0 Å². The van der Waals surface area contributed by atoms with Crippen molar-refractivity contribution in [2.75, 3.05) is 0 Å². The molecule has 6 unspecified atom stereocenters. The van der Waals surface area contributed by atoms with Gasteiger partial charge in [0.1, 0.15) is 0 Å². The molecule has 2 heteroatoms. The van der Waals surface area contributed by atoms with Gasteiger partial charge in [-0.05, 0) is 152 Å². The highest BCUT2D eigenvalue weighted by molar-refractivity contribution is 5.90. The van der Waals surface area contributed by atoms with E-state index in [2.05, 4.69) is 106 Å². The zero-order valence-corrected chi connectivity index (χ0v) is 29.3. The van der Waals surface area contributed by atoms with Crippen molar-refractivity contribution in [3.8, 4) is 0 Å². The van der Waals surface area contributed by atoms with Crippen LogP contribution in [0.1, 0.15) is 155 Å². The molecule has 2 fully saturated rings. The summed E-state index contributed by atoms with van der Waals surface area (Å²) in [6.07, 6.45) is 10.8. The maximum Gasteiger partial charge on any atom is 0.0632 e. The van der Waals surface area contributed by atoms with Crippen LogP contribution in [0.25, 0.3) is 0 Å². The quantitative estimate of drug-likeness (QED) is 0.266. The van der Waals surface area contributed by atoms with E-state index in [1.165, 1.54) is 59.4 Å². The van der Waals surface area contributed by atoms with E-state index in [1.54, 1.807) is 0 Å². The molecule has 2 saturated carbocycles. The number of nitrogens with zero attached hydrogens (tertiary/aromatic N) is 2. The third-order valence-electron chi connectivity index (χ3n) is 11.0. The van der Waals surface area contributed by atoms with Crippen molar-refractivity contribution in [1.82, 2.24) is 0 Å². The Morgan fingerprint density at radius 2 is 1.00 bits per heavy atom. The van der Waals surface area contributed by atoms with Crippen LogP contribution < -0.4 is 0 Å². The average Bonchev–Trinajstić information content (AvgIpc) is 2.97. The lowest BCUT2D eigenvalue weighted by molar-refractivity contribution is 0.365. The first-order chi connectivity index (χ1) is 20.5. The minimum atomic E-state index is 0.514. The molecule has 0 bridgehead atoms. The Balaban J connectivity index is 1.69. The predicted molar refractivity (Wildman–Crippen MR) is 190 cm³/mol. The van der Waals surface area contributed by atoms with Crippen LogP contribution in [0, 0.1) is 35.5 Å². The highest BCUT2D eigenvalue weighted by Gasteiger charge is 2.28. The minimum absolute atomic E-state index is 0.514. The molecule has 0 heterocycles. The maximum absolute atomic E-state index is 5.35. The topological polar surface area (TPSA) is 24.7 Å². The van der Waals surface area contributed by atoms with Crippen molar-refractivity contribution in [1.29, 1.82) is 0 Å². The van der Waals surface area contributed by atoms with E-state index in [1.807, 2.05) is 0 Å². The lowest BCUT2D eigenvalue weighted by Gasteiger charge is -2.31. The van der Waals surface area contributed by atoms with Crippen molar-refractivity contribution >= 4 is 22.8 Å². The lowest BCUT2D eigenvalue weighted by Crippen LogP contribution is -2.27. The molecule has 0 radical (unpaired) electrons. The summed E-state index contributed by atoms with van der Waals surface area (Å²) >= 11 is 0. The molecule has 0 N–H and O–H groups in total. The van der Waals surface area contributed by atoms with Crippen molar-refractivity contribution in [2.45, 2.75) is 139 Å². The summed E-state index contributed by atoms with van der Waals surface area (Å²) in [6, 6.07) is 14.2. The Bertz CT molecular complexity index is 1170. The van der Waals surface area contributed by atoms with Crippen LogP contribution in [-0.4, -0.2) is 11.4 Å². The van der Waals surface area contributed by atoms with Gasteiger partial charge in [-0.2, -0.15) is 0 Å². The number of aliphatic imine (C=N–C) groups is 2. The van der Waals surface area contributed by atoms with Gasteiger partial charge in [-0.15, -0.1) is 0 Å². The van der Waals surface area contributed by atoms with Crippen LogP contribution in [0.4, 0.5) is 11.4 Å². The second-order valence-electron chi connectivity index (χ2n) is 15.2. The Morgan fingerprint density at radius 1 is 0.605 bits per heavy atom. The summed E-state index contributed by atoms with van der Waals surface area (Å²) in [5.74, 6) is 5.07. The predicted octanol–water partition coefficient (Wildman–Crippen LogP) is 12.6. The molecule has 0 saturated heterocycles. The summed E-state index contributed by atoms with van der Waals surface area (Å²) in [6.45, 7) is 23.7. The summed E-state index contributed by atoms with van der Waals surface area (Å²) in [5.41, 5.74) is 11.0. The number of hydrogen-bond donors (Lipinski definition) is 0. The Kier molecular flexibility index (Phi) is 11.9. The molecule has 4 rings (SSSR count). The Labute approximate surface area is 265 Å². The van der Waals surface area contributed by atoms with Crippen molar-refractivity contribution in [3.63, 3.8) is 0 Å². The summed E-state index contributed by atoms with van der Waals surface area (Å²) in [5, 5.41) is 0. The molecule has 0 amide bonds. The Morgan fingerprint density at radius 3 is 1.35 bits per heavy atom. The molecule has 0 aromatic heterocycles. The molecule has 2 nitrogen and oxygen atoms in total. The van der Waals surface area contributed by atoms with Gasteiger partial charge >= 0.3 is 0 Å². The fourth-order valence-electron chi connectivity index (χ4n) is 7.70. The SMILES string of the molecule is CCC(C)c1cc(N=C2CC(C)CCC2C(C)C)ccc1Cc1ccc(N=C2CC(C)CCC2C(C)C)cc1C(C)CC. The van der Waals surface area contributed by atoms with Crippen LogP contribution in [-0.2, 0) is 6.42 Å². The van der Waals surface area contributed by atoms with Gasteiger partial charge in [0.15, 0.2) is 0 Å². The lowest BCUT2D eigenvalue weighted by atomic mass is 9.76. The monoisotopic (exact) mass is 582 g/mol. The summed E-state index contributed by atoms with van der Waals surface area (Å²) in [7, 11) is 0. The van der Waals surface area contributed by atoms with E-state index in [0.29, 0.717) is 35.5 Å². The van der Waals surface area contributed by atoms with E-state index in [-0.39, 0.29) is 0 Å². The molecule has 2 aromatic carbocycles. The molecule has 6 atom stereocenters. The third-order valence-corrected chi connectivity index (χ3v) is 11.0. The van der Waals surface area contributed by atoms with Crippen LogP contribution in [0.15, 0.2) is 46.4 Å². The van der Waals surface area contributed by atoms with Gasteiger partial charge in [0.05, 0.1) is 11.4 Å². The molecule has 2 aliphatic carbocycles. The van der Waals surface area contributed by atoms with Crippen LogP contribution in [0.2, 0.25) is 0 Å². The number of hydrogen-bond acceptors (Lipinski definition) is 2. The normalized spacial score (nSPS) is 26.4. The highest BCUT2D eigenvalue weighted by Crippen LogP contribution is 2.37. The first-order valence-corrected chi connectivity index (χ1v) is 17.9. The van der Waals surface area contributed by atoms with E-state index in [9.17, 15) is 0 Å². The van der Waals surface area contributed by atoms with Gasteiger partial charge in [0.25, 0.3) is 0 Å². The van der Waals surface area contributed by atoms with Crippen molar-refractivity contribution in [2.24, 2.45) is 45.5 Å². The largest absolute Gasteiger partial charge is 0.258 e. The molecule has 236 valence electrons. The van der Waals surface area contributed by atoms with E-state index in [4.69, 9.17) is 9.98 Å². The van der Waals surface area contributed by atoms with Gasteiger partial charge in [0, 0.05) is 11.4 Å². The zero-order valence-electron chi connectivity index (χ0n) is 29.3. The molecular weight excluding hydrogens is 520 g/mol. The summed E-state index contributed by atoms with van der Waals surface area (Å²) < 4.78 is 0. The van der Waals surface area contributed by atoms with Crippen molar-refractivity contribution < 1.29 is 0 Å². The van der Waals surface area contributed by atoms with Gasteiger partial charge in [0.2, 0.25) is 0 Å². The van der Waals surface area contributed by atoms with Crippen molar-refractivity contribution in [3.05, 3.63) is 58.7 Å². The molecule has 43 heavy (non-hydrogen) atoms. The minimum Gasteiger partial charge on any atom is -0.258 e. The van der Waals surface area contributed by atoms with Gasteiger partial charge in [-0.3, -0.25) is 9.98 Å². The van der Waals surface area contributed by atoms with Crippen LogP contribution in [0.3, 0.4) is 0 Å². The van der Waals surface area contributed by atoms with E-state index < -0.39 is 0 Å². The summed E-state index contributed by atoms with van der Waals surface area (Å²) in [4.78, 5) is 10.7. The molecular formula is C41H62N2. The molecule has 0 aliphatic heterocycles. The smallest absolute Gasteiger partial charge is 0.0632 e. The molecule has 0 spiro atoms. The number of benzene rings is 2. The van der Waals surface area contributed by atoms with E-state index in [0.717, 1.165) is 55.3 Å². The first-order valence-electron chi connectivity index (χ1n) is 17.9. The zero-order chi connectivity index (χ0) is 31.3. The van der Waals surface area contributed by atoms with Gasteiger partial charge < -0.3 is 0 Å². The molecule has 2 aliphatic rings. The van der Waals surface area contributed by atoms with Crippen LogP contribution in [0.5, 0.6) is 0 Å². The fourth-order valence-corrected chi connectivity index (χ4v) is 7.70. The third kappa shape index (κ3) is 8.49. The standard InChI is InChI=1S/C41H62N2/c1-11-30(9)38-24-34(42-40-21-28(7)13-19-36(40)26(3)4)17-15-32(38)23-33-16-18-35(25-39(33)31(10)12-2)43-41-22-29(8)14-20-37(41)27(5)6/h15-18,24-31,36-37H,11-14,19-23H2,1-10H3. The van der Waals surface area contributed by atoms with Crippen LogP contribution >= 0.6 is 0 Å². The van der Waals surface area contributed by atoms with E-state index >= 15 is 0 Å². The highest BCUT2D eigenvalue weighted by atomic mass is 14.8. The fraction of sp³-hybridized carbons (Fsp3) is 0.659. The average molecular weight is 583 g/mol. The van der Waals surface area contributed by atoms with Gasteiger partial charge in [-0.1, -0.05) is 81.4 Å².